The lowest BCUT2D eigenvalue weighted by molar-refractivity contribution is 1.50. The van der Waals surface area contributed by atoms with E-state index in [1.165, 1.54) is 0 Å². The highest BCUT2D eigenvalue weighted by atomic mass is 13.7. The maximum Gasteiger partial charge on any atom is -0.0623 e. The van der Waals surface area contributed by atoms with Crippen molar-refractivity contribution in [1.29, 1.82) is 0 Å². The summed E-state index contributed by atoms with van der Waals surface area (Å²) < 4.78 is 0. The van der Waals surface area contributed by atoms with Gasteiger partial charge in [0.05, 0.1) is 0 Å². The molecule has 0 aliphatic rings. The summed E-state index contributed by atoms with van der Waals surface area (Å²) in [6, 6.07) is 48.0. The van der Waals surface area contributed by atoms with Gasteiger partial charge in [-0.3, -0.25) is 0 Å². The highest BCUT2D eigenvalue weighted by Crippen LogP contribution is 1.81. The Bertz CT molecular complexity index is 414. The van der Waals surface area contributed by atoms with Crippen molar-refractivity contribution >= 4 is 0 Å². The van der Waals surface area contributed by atoms with Gasteiger partial charge in [-0.25, -0.2) is 0 Å². The fourth-order valence-corrected chi connectivity index (χ4v) is 1.54. The van der Waals surface area contributed by atoms with Crippen molar-refractivity contribution in [1.82, 2.24) is 0 Å². The Morgan fingerprint density at radius 2 is 0.143 bits per heavy atom. The molecule has 4 rings (SSSR count). The Labute approximate surface area is 270 Å². The zero-order chi connectivity index (χ0) is 33.0. The van der Waals surface area contributed by atoms with Gasteiger partial charge in [0.15, 0.2) is 0 Å². The highest BCUT2D eigenvalue weighted by molar-refractivity contribution is 5.00. The normalized spacial score (nSPS) is 5.71. The molecule has 248 valence electrons. The van der Waals surface area contributed by atoms with Crippen molar-refractivity contribution in [2.75, 3.05) is 0 Å². The zero-order valence-electron chi connectivity index (χ0n) is 29.9. The summed E-state index contributed by atoms with van der Waals surface area (Å²) in [5.41, 5.74) is 0. The molecule has 0 saturated carbocycles. The summed E-state index contributed by atoms with van der Waals surface area (Å²) >= 11 is 0. The van der Waals surface area contributed by atoms with Crippen LogP contribution in [-0.4, -0.2) is 0 Å². The van der Waals surface area contributed by atoms with Crippen molar-refractivity contribution < 1.29 is 0 Å². The van der Waals surface area contributed by atoms with E-state index in [1.54, 1.807) is 0 Å². The largest absolute Gasteiger partial charge is 0.0776 e. The fraction of sp³-hybridized carbons (Fsp3) is 0.429. The van der Waals surface area contributed by atoms with Crippen molar-refractivity contribution in [3.63, 3.8) is 0 Å². The van der Waals surface area contributed by atoms with Crippen LogP contribution in [0.3, 0.4) is 0 Å². The number of hydrogen-bond donors (Lipinski definition) is 0. The lowest BCUT2D eigenvalue weighted by Gasteiger charge is -1.69. The quantitative estimate of drug-likeness (QED) is 0.193. The van der Waals surface area contributed by atoms with Crippen LogP contribution in [0.4, 0.5) is 0 Å². The van der Waals surface area contributed by atoms with Gasteiger partial charge in [-0.15, -0.1) is 0 Å². The molecular formula is C42H80. The molecule has 0 aliphatic heterocycles. The molecular weight excluding hydrogens is 504 g/mol. The van der Waals surface area contributed by atoms with E-state index >= 15 is 0 Å². The first-order valence-electron chi connectivity index (χ1n) is 16.0. The van der Waals surface area contributed by atoms with Crippen molar-refractivity contribution in [2.45, 2.75) is 126 Å². The summed E-state index contributed by atoms with van der Waals surface area (Å²) in [7, 11) is 0. The number of benzene rings is 4. The fourth-order valence-electron chi connectivity index (χ4n) is 1.54. The summed E-state index contributed by atoms with van der Waals surface area (Å²) in [5, 5.41) is 0. The molecule has 0 heteroatoms. The van der Waals surface area contributed by atoms with Crippen molar-refractivity contribution in [2.24, 2.45) is 0 Å². The number of hydrogen-bond acceptors (Lipinski definition) is 0. The second-order valence-electron chi connectivity index (χ2n) is 4.62. The predicted molar refractivity (Wildman–Crippen MR) is 210 cm³/mol. The first kappa shape index (κ1) is 66.9. The Balaban J connectivity index is -0.0000000347. The van der Waals surface area contributed by atoms with Gasteiger partial charge in [-0.2, -0.15) is 0 Å². The molecule has 0 fully saturated rings. The summed E-state index contributed by atoms with van der Waals surface area (Å²) in [6.45, 7) is 32.0. The molecule has 4 aromatic rings. The van der Waals surface area contributed by atoms with Gasteiger partial charge in [0.1, 0.15) is 0 Å². The van der Waals surface area contributed by atoms with Crippen molar-refractivity contribution in [3.05, 3.63) is 146 Å². The minimum Gasteiger partial charge on any atom is -0.0776 e. The van der Waals surface area contributed by atoms with Crippen LogP contribution in [0.2, 0.25) is 0 Å². The second-order valence-corrected chi connectivity index (χ2v) is 4.62. The van der Waals surface area contributed by atoms with Crippen LogP contribution >= 0.6 is 0 Å². The molecule has 0 aliphatic carbocycles. The molecule has 0 aromatic heterocycles. The number of rotatable bonds is 0. The van der Waals surface area contributed by atoms with Crippen molar-refractivity contribution in [3.8, 4) is 0 Å². The molecule has 0 heterocycles. The third-order valence-corrected chi connectivity index (χ3v) is 2.67. The van der Waals surface area contributed by atoms with E-state index < -0.39 is 0 Å². The van der Waals surface area contributed by atoms with Gasteiger partial charge in [-0.05, 0) is 0 Å². The predicted octanol–water partition coefficient (Wildman–Crippen LogP) is 16.2. The van der Waals surface area contributed by atoms with Gasteiger partial charge in [0, 0.05) is 0 Å². The molecule has 0 unspecified atom stereocenters. The van der Waals surface area contributed by atoms with E-state index in [-0.39, 0.29) is 14.9 Å². The standard InChI is InChI=1S/4C6H6.8C2H6.2CH4/c4*1-2-4-6-5-3-1;8*1-2;;/h4*1-6H;8*1-2H3;2*1H4. The topological polar surface area (TPSA) is 0 Å². The monoisotopic (exact) mass is 585 g/mol. The summed E-state index contributed by atoms with van der Waals surface area (Å²) in [6.07, 6.45) is 0. The van der Waals surface area contributed by atoms with Gasteiger partial charge in [-0.1, -0.05) is 271 Å². The van der Waals surface area contributed by atoms with Gasteiger partial charge < -0.3 is 0 Å². The Hall–Kier alpha value is -3.12. The van der Waals surface area contributed by atoms with Gasteiger partial charge in [0.25, 0.3) is 0 Å². The van der Waals surface area contributed by atoms with E-state index in [1.807, 2.05) is 256 Å². The van der Waals surface area contributed by atoms with E-state index in [2.05, 4.69) is 0 Å². The summed E-state index contributed by atoms with van der Waals surface area (Å²) in [4.78, 5) is 0. The van der Waals surface area contributed by atoms with Crippen LogP contribution < -0.4 is 0 Å². The molecule has 0 radical (unpaired) electrons. The van der Waals surface area contributed by atoms with E-state index in [0.717, 1.165) is 0 Å². The first-order valence-corrected chi connectivity index (χ1v) is 16.0. The molecule has 0 atom stereocenters. The molecule has 42 heavy (non-hydrogen) atoms. The van der Waals surface area contributed by atoms with Crippen LogP contribution in [0.5, 0.6) is 0 Å². The third kappa shape index (κ3) is 109. The Morgan fingerprint density at radius 1 is 0.119 bits per heavy atom. The maximum absolute atomic E-state index is 2.00. The molecule has 4 aromatic carbocycles. The Kier molecular flexibility index (Phi) is 188. The highest BCUT2D eigenvalue weighted by Gasteiger charge is 1.59. The average Bonchev–Trinajstić information content (AvgIpc) is 3.15. The third-order valence-electron chi connectivity index (χ3n) is 2.67. The minimum atomic E-state index is 0. The van der Waals surface area contributed by atoms with E-state index in [4.69, 9.17) is 0 Å². The van der Waals surface area contributed by atoms with Crippen LogP contribution in [-0.2, 0) is 0 Å². The van der Waals surface area contributed by atoms with Crippen LogP contribution in [0.25, 0.3) is 0 Å². The minimum absolute atomic E-state index is 0. The van der Waals surface area contributed by atoms with Crippen LogP contribution in [0.1, 0.15) is 126 Å². The summed E-state index contributed by atoms with van der Waals surface area (Å²) in [5.74, 6) is 0. The lowest BCUT2D eigenvalue weighted by atomic mass is 10.4. The molecule has 0 N–H and O–H groups in total. The van der Waals surface area contributed by atoms with Gasteiger partial charge >= 0.3 is 0 Å². The van der Waals surface area contributed by atoms with Gasteiger partial charge in [0.2, 0.25) is 0 Å². The van der Waals surface area contributed by atoms with E-state index in [9.17, 15) is 0 Å². The van der Waals surface area contributed by atoms with Crippen LogP contribution in [0, 0.1) is 0 Å². The SMILES string of the molecule is C.C.CC.CC.CC.CC.CC.CC.CC.CC.c1ccccc1.c1ccccc1.c1ccccc1.c1ccccc1. The second kappa shape index (κ2) is 118. The lowest BCUT2D eigenvalue weighted by Crippen LogP contribution is -1.47. The zero-order valence-corrected chi connectivity index (χ0v) is 29.9. The first-order chi connectivity index (χ1) is 20.0. The average molecular weight is 585 g/mol. The van der Waals surface area contributed by atoms with Crippen LogP contribution in [0.15, 0.2) is 146 Å². The Morgan fingerprint density at radius 3 is 0.167 bits per heavy atom. The maximum atomic E-state index is 2.00. The molecule has 0 nitrogen and oxygen atoms in total. The van der Waals surface area contributed by atoms with E-state index in [0.29, 0.717) is 0 Å². The molecule has 0 saturated heterocycles. The smallest absolute Gasteiger partial charge is 0.0623 e. The molecule has 0 amide bonds. The molecule has 0 bridgehead atoms. The molecule has 0 spiro atoms.